The van der Waals surface area contributed by atoms with Crippen molar-refractivity contribution < 1.29 is 18.0 Å². The van der Waals surface area contributed by atoms with Crippen LogP contribution in [0.2, 0.25) is 0 Å². The molecule has 0 radical (unpaired) electrons. The molecular formula is C24H31N3O4S. The van der Waals surface area contributed by atoms with Crippen molar-refractivity contribution in [1.29, 1.82) is 0 Å². The van der Waals surface area contributed by atoms with Crippen LogP contribution in [-0.4, -0.2) is 43.7 Å². The van der Waals surface area contributed by atoms with E-state index in [1.165, 1.54) is 28.6 Å². The Morgan fingerprint density at radius 2 is 1.66 bits per heavy atom. The zero-order valence-corrected chi connectivity index (χ0v) is 19.9. The predicted molar refractivity (Wildman–Crippen MR) is 125 cm³/mol. The van der Waals surface area contributed by atoms with Crippen molar-refractivity contribution in [3.63, 3.8) is 0 Å². The summed E-state index contributed by atoms with van der Waals surface area (Å²) in [5, 5.41) is 5.43. The predicted octanol–water partition coefficient (Wildman–Crippen LogP) is 3.54. The van der Waals surface area contributed by atoms with Crippen molar-refractivity contribution in [2.45, 2.75) is 57.9 Å². The fraction of sp³-hybridized carbons (Fsp3) is 0.417. The first kappa shape index (κ1) is 23.9. The van der Waals surface area contributed by atoms with E-state index in [1.54, 1.807) is 0 Å². The number of hydrogen-bond acceptors (Lipinski definition) is 4. The van der Waals surface area contributed by atoms with E-state index in [2.05, 4.69) is 10.6 Å². The van der Waals surface area contributed by atoms with Gasteiger partial charge in [0.25, 0.3) is 5.91 Å². The van der Waals surface area contributed by atoms with Crippen molar-refractivity contribution in [1.82, 2.24) is 9.62 Å². The number of piperidine rings is 1. The van der Waals surface area contributed by atoms with E-state index in [-0.39, 0.29) is 23.4 Å². The number of rotatable bonds is 6. The molecule has 1 fully saturated rings. The molecule has 172 valence electrons. The van der Waals surface area contributed by atoms with Gasteiger partial charge >= 0.3 is 0 Å². The largest absolute Gasteiger partial charge is 0.343 e. The molecule has 0 aliphatic carbocycles. The zero-order valence-electron chi connectivity index (χ0n) is 19.1. The maximum atomic E-state index is 12.9. The summed E-state index contributed by atoms with van der Waals surface area (Å²) in [7, 11) is -3.59. The molecule has 1 aliphatic rings. The van der Waals surface area contributed by atoms with Crippen molar-refractivity contribution in [3.8, 4) is 0 Å². The molecule has 32 heavy (non-hydrogen) atoms. The van der Waals surface area contributed by atoms with Gasteiger partial charge in [0, 0.05) is 23.8 Å². The average molecular weight is 458 g/mol. The third kappa shape index (κ3) is 5.37. The highest BCUT2D eigenvalue weighted by atomic mass is 32.2. The number of anilines is 1. The van der Waals surface area contributed by atoms with Crippen LogP contribution >= 0.6 is 0 Å². The van der Waals surface area contributed by atoms with Gasteiger partial charge in [0.05, 0.1) is 11.4 Å². The van der Waals surface area contributed by atoms with E-state index in [4.69, 9.17) is 0 Å². The monoisotopic (exact) mass is 457 g/mol. The summed E-state index contributed by atoms with van der Waals surface area (Å²) in [4.78, 5) is 24.9. The summed E-state index contributed by atoms with van der Waals surface area (Å²) in [6.45, 7) is 8.10. The molecule has 1 unspecified atom stereocenters. The molecule has 8 heteroatoms. The molecule has 1 atom stereocenters. The Bertz CT molecular complexity index is 1090. The second-order valence-electron chi connectivity index (χ2n) is 8.49. The van der Waals surface area contributed by atoms with Crippen LogP contribution in [0.3, 0.4) is 0 Å². The molecule has 1 heterocycles. The molecule has 2 N–H and O–H groups in total. The first-order chi connectivity index (χ1) is 15.1. The molecule has 0 spiro atoms. The summed E-state index contributed by atoms with van der Waals surface area (Å²) >= 11 is 0. The molecule has 0 aromatic heterocycles. The number of amides is 2. The van der Waals surface area contributed by atoms with Crippen LogP contribution in [0.15, 0.2) is 41.3 Å². The van der Waals surface area contributed by atoms with Gasteiger partial charge < -0.3 is 10.6 Å². The molecule has 7 nitrogen and oxygen atoms in total. The lowest BCUT2D eigenvalue weighted by atomic mass is 10.1. The average Bonchev–Trinajstić information content (AvgIpc) is 2.74. The van der Waals surface area contributed by atoms with Gasteiger partial charge in [0.15, 0.2) is 0 Å². The number of carbonyl (C=O) groups is 2. The van der Waals surface area contributed by atoms with E-state index >= 15 is 0 Å². The smallest absolute Gasteiger partial charge is 0.251 e. The maximum Gasteiger partial charge on any atom is 0.251 e. The van der Waals surface area contributed by atoms with Gasteiger partial charge in [0.2, 0.25) is 15.9 Å². The lowest BCUT2D eigenvalue weighted by molar-refractivity contribution is -0.115. The van der Waals surface area contributed by atoms with Crippen molar-refractivity contribution in [3.05, 3.63) is 58.7 Å². The normalized spacial score (nSPS) is 17.1. The number of nitrogens with zero attached hydrogens (tertiary/aromatic N) is 1. The Morgan fingerprint density at radius 1 is 1.03 bits per heavy atom. The Hall–Kier alpha value is -2.71. The summed E-state index contributed by atoms with van der Waals surface area (Å²) in [6, 6.07) is 9.79. The topological polar surface area (TPSA) is 95.6 Å². The Labute approximate surface area is 190 Å². The Kier molecular flexibility index (Phi) is 7.36. The first-order valence-electron chi connectivity index (χ1n) is 10.9. The molecule has 0 bridgehead atoms. The van der Waals surface area contributed by atoms with E-state index in [9.17, 15) is 18.0 Å². The highest BCUT2D eigenvalue weighted by molar-refractivity contribution is 7.89. The van der Waals surface area contributed by atoms with E-state index < -0.39 is 15.9 Å². The minimum absolute atomic E-state index is 0.0314. The molecular weight excluding hydrogens is 426 g/mol. The second-order valence-corrected chi connectivity index (χ2v) is 10.4. The van der Waals surface area contributed by atoms with Crippen LogP contribution < -0.4 is 10.6 Å². The lowest BCUT2D eigenvalue weighted by Gasteiger charge is -2.32. The van der Waals surface area contributed by atoms with Crippen LogP contribution in [0, 0.1) is 20.8 Å². The summed E-state index contributed by atoms with van der Waals surface area (Å²) in [5.74, 6) is -0.764. The molecule has 3 rings (SSSR count). The fourth-order valence-electron chi connectivity index (χ4n) is 4.17. The molecule has 1 saturated heterocycles. The van der Waals surface area contributed by atoms with Gasteiger partial charge in [0.1, 0.15) is 0 Å². The van der Waals surface area contributed by atoms with E-state index in [1.807, 2.05) is 39.8 Å². The van der Waals surface area contributed by atoms with Gasteiger partial charge in [-0.05, 0) is 75.9 Å². The highest BCUT2D eigenvalue weighted by Crippen LogP contribution is 2.25. The Balaban J connectivity index is 1.61. The van der Waals surface area contributed by atoms with Gasteiger partial charge in [-0.3, -0.25) is 9.59 Å². The Morgan fingerprint density at radius 3 is 2.25 bits per heavy atom. The zero-order chi connectivity index (χ0) is 23.5. The third-order valence-corrected chi connectivity index (χ3v) is 7.84. The summed E-state index contributed by atoms with van der Waals surface area (Å²) < 4.78 is 27.4. The molecule has 2 aromatic rings. The number of carbonyl (C=O) groups excluding carboxylic acids is 2. The van der Waals surface area contributed by atoms with Crippen molar-refractivity contribution >= 4 is 27.5 Å². The van der Waals surface area contributed by atoms with E-state index in [0.717, 1.165) is 41.6 Å². The van der Waals surface area contributed by atoms with Crippen LogP contribution in [0.1, 0.15) is 53.2 Å². The molecule has 2 aromatic carbocycles. The number of sulfonamides is 1. The third-order valence-electron chi connectivity index (χ3n) is 5.82. The van der Waals surface area contributed by atoms with Gasteiger partial charge in [-0.2, -0.15) is 4.31 Å². The SMILES string of the molecule is Cc1cc(C)c(NC(=O)CNC(=O)c2ccc(S(=O)(=O)N3CCCCC3C)cc2)c(C)c1. The van der Waals surface area contributed by atoms with Gasteiger partial charge in [-0.1, -0.05) is 24.1 Å². The minimum Gasteiger partial charge on any atom is -0.343 e. The van der Waals surface area contributed by atoms with Crippen molar-refractivity contribution in [2.24, 2.45) is 0 Å². The van der Waals surface area contributed by atoms with Crippen LogP contribution in [0.4, 0.5) is 5.69 Å². The van der Waals surface area contributed by atoms with Crippen molar-refractivity contribution in [2.75, 3.05) is 18.4 Å². The second kappa shape index (κ2) is 9.83. The first-order valence-corrected chi connectivity index (χ1v) is 12.3. The molecule has 0 saturated carbocycles. The molecule has 2 amide bonds. The van der Waals surface area contributed by atoms with Crippen LogP contribution in [0.25, 0.3) is 0 Å². The summed E-state index contributed by atoms with van der Waals surface area (Å²) in [5.41, 5.74) is 4.08. The maximum absolute atomic E-state index is 12.9. The van der Waals surface area contributed by atoms with Crippen LogP contribution in [0.5, 0.6) is 0 Å². The number of aryl methyl sites for hydroxylation is 3. The van der Waals surface area contributed by atoms with Gasteiger partial charge in [-0.25, -0.2) is 8.42 Å². The number of nitrogens with one attached hydrogen (secondary N) is 2. The fourth-order valence-corrected chi connectivity index (χ4v) is 5.87. The minimum atomic E-state index is -3.59. The van der Waals surface area contributed by atoms with Gasteiger partial charge in [-0.15, -0.1) is 0 Å². The quantitative estimate of drug-likeness (QED) is 0.694. The molecule has 1 aliphatic heterocycles. The van der Waals surface area contributed by atoms with Crippen LogP contribution in [-0.2, 0) is 14.8 Å². The lowest BCUT2D eigenvalue weighted by Crippen LogP contribution is -2.41. The standard InChI is InChI=1S/C24H31N3O4S/c1-16-13-17(2)23(18(3)14-16)26-22(28)15-25-24(29)20-8-10-21(11-9-20)32(30,31)27-12-6-5-7-19(27)4/h8-11,13-14,19H,5-7,12,15H2,1-4H3,(H,25,29)(H,26,28). The number of hydrogen-bond donors (Lipinski definition) is 2. The van der Waals surface area contributed by atoms with E-state index in [0.29, 0.717) is 12.1 Å². The summed E-state index contributed by atoms with van der Waals surface area (Å²) in [6.07, 6.45) is 2.74. The number of benzene rings is 2. The highest BCUT2D eigenvalue weighted by Gasteiger charge is 2.30.